The minimum absolute atomic E-state index is 0.0413. The maximum atomic E-state index is 12.5. The molecule has 0 bridgehead atoms. The number of nitrogens with two attached hydrogens (primary N) is 2. The number of hydrogen-bond donors (Lipinski definition) is 5. The number of nitrogens with one attached hydrogen (secondary N) is 3. The maximum absolute atomic E-state index is 12.5. The first-order chi connectivity index (χ1) is 34.7. The summed E-state index contributed by atoms with van der Waals surface area (Å²) >= 11 is 25.4. The Morgan fingerprint density at radius 1 is 0.658 bits per heavy atom. The molecule has 0 aliphatic carbocycles. The van der Waals surface area contributed by atoms with Gasteiger partial charge in [-0.15, -0.1) is 0 Å². The van der Waals surface area contributed by atoms with Crippen LogP contribution in [0.25, 0.3) is 22.5 Å². The number of urea groups is 1. The zero-order valence-electron chi connectivity index (χ0n) is 37.6. The van der Waals surface area contributed by atoms with Crippen molar-refractivity contribution in [3.05, 3.63) is 123 Å². The molecule has 73 heavy (non-hydrogen) atoms. The van der Waals surface area contributed by atoms with Gasteiger partial charge in [-0.3, -0.25) is 13.9 Å². The van der Waals surface area contributed by atoms with Crippen LogP contribution < -0.4 is 36.9 Å². The van der Waals surface area contributed by atoms with Crippen LogP contribution in [0, 0.1) is 0 Å². The maximum Gasteiger partial charge on any atom is 0.405 e. The highest BCUT2D eigenvalue weighted by molar-refractivity contribution is 6.37. The van der Waals surface area contributed by atoms with Crippen molar-refractivity contribution in [2.45, 2.75) is 51.6 Å². The van der Waals surface area contributed by atoms with E-state index in [0.29, 0.717) is 93.1 Å². The van der Waals surface area contributed by atoms with Crippen LogP contribution in [0.3, 0.4) is 0 Å². The summed E-state index contributed by atoms with van der Waals surface area (Å²) in [6, 6.07) is 8.39. The Morgan fingerprint density at radius 3 is 1.67 bits per heavy atom. The van der Waals surface area contributed by atoms with Gasteiger partial charge in [0.15, 0.2) is 0 Å². The standard InChI is InChI=1S/C20H18Cl2F3N7O2.C17H16Cl2N6O.C6H6F3N3O/c21-11-6-13(22)16(15(7-11)34-5-4-32-3-1-2-28-32)17-12-8-31(9-14(12)29-18(26)30-17)19(33)27-10-20(23,24)25;18-10-6-12(19)15(14(7-10)26-5-4-25-3-1-2-22-25)16-11-8-21-9-13(11)23-17(20)24-16;7-6(8,9)3-11-5(13)12-2-1-10-4-12/h1-3,6-7H,4-5,8-10H2,(H,27,33)(H2,26,29,30);1-3,6-7,21H,4-5,8-9H2,(H2,20,23,24);1-2,4H,3H2,(H,11,13). The first-order valence-electron chi connectivity index (χ1n) is 21.3. The fraction of sp³-hybridized carbons (Fsp3) is 0.279. The minimum atomic E-state index is -4.53. The topological polar surface area (TPSA) is 249 Å². The first kappa shape index (κ1) is 53.7. The summed E-state index contributed by atoms with van der Waals surface area (Å²) in [4.78, 5) is 45.0. The lowest BCUT2D eigenvalue weighted by molar-refractivity contribution is -0.123. The summed E-state index contributed by atoms with van der Waals surface area (Å²) in [5, 5.41) is 16.6. The van der Waals surface area contributed by atoms with Gasteiger partial charge in [0.1, 0.15) is 44.1 Å². The van der Waals surface area contributed by atoms with Gasteiger partial charge in [-0.1, -0.05) is 46.4 Å². The molecule has 0 radical (unpaired) electrons. The number of anilines is 2. The number of hydrogen-bond acceptors (Lipinski definition) is 14. The molecule has 386 valence electrons. The third-order valence-electron chi connectivity index (χ3n) is 10.2. The van der Waals surface area contributed by atoms with E-state index in [4.69, 9.17) is 67.3 Å². The second kappa shape index (κ2) is 23.6. The number of fused-ring (bicyclic) bond motifs is 2. The lowest BCUT2D eigenvalue weighted by Gasteiger charge is -2.18. The van der Waals surface area contributed by atoms with E-state index in [-0.39, 0.29) is 36.6 Å². The van der Waals surface area contributed by atoms with Gasteiger partial charge in [0.05, 0.1) is 70.1 Å². The van der Waals surface area contributed by atoms with E-state index in [0.717, 1.165) is 22.2 Å². The highest BCUT2D eigenvalue weighted by Crippen LogP contribution is 2.43. The summed E-state index contributed by atoms with van der Waals surface area (Å²) in [5.41, 5.74) is 16.6. The van der Waals surface area contributed by atoms with Crippen molar-refractivity contribution in [2.75, 3.05) is 37.8 Å². The average molecular weight is 1100 g/mol. The number of ether oxygens (including phenoxy) is 2. The zero-order valence-corrected chi connectivity index (χ0v) is 40.6. The van der Waals surface area contributed by atoms with Crippen LogP contribution in [0.15, 0.2) is 79.9 Å². The fourth-order valence-electron chi connectivity index (χ4n) is 7.10. The molecule has 0 atom stereocenters. The van der Waals surface area contributed by atoms with E-state index < -0.39 is 37.5 Å². The Balaban J connectivity index is 0.000000176. The van der Waals surface area contributed by atoms with Gasteiger partial charge in [0, 0.05) is 71.4 Å². The SMILES string of the molecule is Nc1nc2c(c(-c3c(Cl)cc(Cl)cc3OCCn3cccn3)n1)CN(C(=O)NCC(F)(F)F)C2.Nc1nc2c(c(-c3c(Cl)cc(Cl)cc3OCCn3cccn3)n1)CNC2.O=C(NCC(F)(F)F)n1ccnc1. The molecule has 7 heterocycles. The van der Waals surface area contributed by atoms with Crippen LogP contribution in [0.1, 0.15) is 22.5 Å². The molecule has 7 aromatic rings. The lowest BCUT2D eigenvalue weighted by atomic mass is 10.0. The number of carbonyl (C=O) groups is 2. The number of nitrogen functional groups attached to an aromatic ring is 2. The summed E-state index contributed by atoms with van der Waals surface area (Å²) in [7, 11) is 0. The van der Waals surface area contributed by atoms with Gasteiger partial charge >= 0.3 is 24.4 Å². The molecule has 30 heteroatoms. The van der Waals surface area contributed by atoms with Gasteiger partial charge in [0.2, 0.25) is 11.9 Å². The second-order valence-corrected chi connectivity index (χ2v) is 17.1. The minimum Gasteiger partial charge on any atom is -0.491 e. The van der Waals surface area contributed by atoms with Crippen molar-refractivity contribution in [2.24, 2.45) is 0 Å². The van der Waals surface area contributed by atoms with Crippen molar-refractivity contribution in [3.8, 4) is 34.0 Å². The number of nitrogens with zero attached hydrogens (tertiary/aromatic N) is 11. The molecular formula is C43H40Cl4F6N16O4. The van der Waals surface area contributed by atoms with Crippen LogP contribution in [0.5, 0.6) is 11.5 Å². The molecule has 9 rings (SSSR count). The highest BCUT2D eigenvalue weighted by Gasteiger charge is 2.34. The van der Waals surface area contributed by atoms with Gasteiger partial charge < -0.3 is 41.8 Å². The summed E-state index contributed by atoms with van der Waals surface area (Å²) in [5.74, 6) is 1.00. The molecule has 0 fully saturated rings. The average Bonchev–Trinajstić information content (AvgIpc) is 4.18. The molecule has 2 aliphatic rings. The van der Waals surface area contributed by atoms with Gasteiger partial charge in [-0.05, 0) is 36.4 Å². The van der Waals surface area contributed by atoms with E-state index in [1.54, 1.807) is 57.5 Å². The number of alkyl halides is 6. The van der Waals surface area contributed by atoms with Gasteiger partial charge in [0.25, 0.3) is 0 Å². The monoisotopic (exact) mass is 1100 g/mol. The molecule has 5 aromatic heterocycles. The van der Waals surface area contributed by atoms with Crippen molar-refractivity contribution < 1.29 is 45.4 Å². The van der Waals surface area contributed by atoms with E-state index in [2.05, 4.69) is 40.4 Å². The van der Waals surface area contributed by atoms with E-state index >= 15 is 0 Å². The number of halogens is 10. The predicted molar refractivity (Wildman–Crippen MR) is 256 cm³/mol. The van der Waals surface area contributed by atoms with Gasteiger partial charge in [-0.2, -0.15) is 36.5 Å². The quantitative estimate of drug-likeness (QED) is 0.0733. The summed E-state index contributed by atoms with van der Waals surface area (Å²) < 4.78 is 88.7. The van der Waals surface area contributed by atoms with Crippen molar-refractivity contribution in [1.82, 2.24) is 69.9 Å². The number of rotatable bonds is 12. The number of benzene rings is 2. The molecule has 7 N–H and O–H groups in total. The molecule has 0 spiro atoms. The van der Waals surface area contributed by atoms with Crippen molar-refractivity contribution >= 4 is 70.4 Å². The van der Waals surface area contributed by atoms with E-state index in [1.807, 2.05) is 17.6 Å². The normalized spacial score (nSPS) is 12.8. The van der Waals surface area contributed by atoms with Crippen LogP contribution in [-0.4, -0.2) is 105 Å². The predicted octanol–water partition coefficient (Wildman–Crippen LogP) is 7.81. The first-order valence-corrected chi connectivity index (χ1v) is 22.9. The Morgan fingerprint density at radius 2 is 1.18 bits per heavy atom. The van der Waals surface area contributed by atoms with Crippen molar-refractivity contribution in [3.63, 3.8) is 0 Å². The fourth-order valence-corrected chi connectivity index (χ4v) is 8.23. The smallest absolute Gasteiger partial charge is 0.405 e. The van der Waals surface area contributed by atoms with E-state index in [1.165, 1.54) is 23.4 Å². The Hall–Kier alpha value is -7.13. The Bertz CT molecular complexity index is 3020. The lowest BCUT2D eigenvalue weighted by Crippen LogP contribution is -2.41. The number of imidazole rings is 1. The molecule has 0 unspecified atom stereocenters. The third kappa shape index (κ3) is 14.7. The summed E-state index contributed by atoms with van der Waals surface area (Å²) in [6.45, 7) is 0.120. The molecule has 2 aromatic carbocycles. The Labute approximate surface area is 429 Å². The molecule has 0 saturated carbocycles. The summed E-state index contributed by atoms with van der Waals surface area (Å²) in [6.07, 6.45) is 1.77. The van der Waals surface area contributed by atoms with Crippen LogP contribution in [-0.2, 0) is 39.3 Å². The van der Waals surface area contributed by atoms with Gasteiger partial charge in [-0.25, -0.2) is 34.5 Å². The third-order valence-corrected chi connectivity index (χ3v) is 11.2. The highest BCUT2D eigenvalue weighted by atomic mass is 35.5. The molecule has 20 nitrogen and oxygen atoms in total. The van der Waals surface area contributed by atoms with E-state index in [9.17, 15) is 35.9 Å². The van der Waals surface area contributed by atoms with Crippen LogP contribution in [0.4, 0.5) is 47.8 Å². The second-order valence-electron chi connectivity index (χ2n) is 15.4. The Kier molecular flexibility index (Phi) is 17.4. The zero-order chi connectivity index (χ0) is 52.5. The van der Waals surface area contributed by atoms with Crippen LogP contribution in [0.2, 0.25) is 20.1 Å². The molecular weight excluding hydrogens is 1060 g/mol. The van der Waals surface area contributed by atoms with Crippen LogP contribution >= 0.6 is 46.4 Å². The largest absolute Gasteiger partial charge is 0.491 e. The molecule has 3 amide bonds. The molecule has 0 saturated heterocycles. The molecule has 2 aliphatic heterocycles. The van der Waals surface area contributed by atoms with Crippen molar-refractivity contribution in [1.29, 1.82) is 0 Å². The number of aromatic nitrogens is 10. The number of amides is 3. The number of carbonyl (C=O) groups excluding carboxylic acids is 2.